The van der Waals surface area contributed by atoms with Gasteiger partial charge in [0.15, 0.2) is 0 Å². The molecule has 0 radical (unpaired) electrons. The smallest absolute Gasteiger partial charge is 0.271 e. The summed E-state index contributed by atoms with van der Waals surface area (Å²) in [4.78, 5) is 12.5. The van der Waals surface area contributed by atoms with E-state index in [1.165, 1.54) is 6.42 Å². The lowest BCUT2D eigenvalue weighted by Crippen LogP contribution is -2.31. The minimum Gasteiger partial charge on any atom is -0.497 e. The highest BCUT2D eigenvalue weighted by molar-refractivity contribution is 5.96. The fraction of sp³-hybridized carbons (Fsp3) is 0.579. The predicted molar refractivity (Wildman–Crippen MR) is 95.8 cm³/mol. The summed E-state index contributed by atoms with van der Waals surface area (Å²) in [7, 11) is 3.13. The summed E-state index contributed by atoms with van der Waals surface area (Å²) in [6, 6.07) is 5.10. The molecule has 0 bridgehead atoms. The Morgan fingerprint density at radius 1 is 1.17 bits per heavy atom. The van der Waals surface area contributed by atoms with Crippen LogP contribution in [0.1, 0.15) is 50.4 Å². The van der Waals surface area contributed by atoms with E-state index in [1.54, 1.807) is 32.4 Å². The molecule has 1 fully saturated rings. The molecule has 1 aliphatic rings. The van der Waals surface area contributed by atoms with E-state index < -0.39 is 0 Å². The summed E-state index contributed by atoms with van der Waals surface area (Å²) in [6.07, 6.45) is 3.31. The van der Waals surface area contributed by atoms with E-state index in [2.05, 4.69) is 31.3 Å². The molecule has 0 aliphatic heterocycles. The van der Waals surface area contributed by atoms with Gasteiger partial charge in [-0.3, -0.25) is 4.79 Å². The van der Waals surface area contributed by atoms with Gasteiger partial charge in [0.2, 0.25) is 0 Å². The first-order valence-electron chi connectivity index (χ1n) is 8.54. The molecule has 5 heteroatoms. The van der Waals surface area contributed by atoms with Crippen LogP contribution in [-0.4, -0.2) is 25.8 Å². The number of rotatable bonds is 5. The summed E-state index contributed by atoms with van der Waals surface area (Å²) in [5, 5.41) is 4.46. The molecule has 132 valence electrons. The van der Waals surface area contributed by atoms with Gasteiger partial charge in [-0.25, -0.2) is 5.43 Å². The number of hydrogen-bond acceptors (Lipinski definition) is 4. The minimum absolute atomic E-state index is 0.250. The van der Waals surface area contributed by atoms with E-state index in [-0.39, 0.29) is 5.91 Å². The van der Waals surface area contributed by atoms with Crippen LogP contribution < -0.4 is 14.9 Å². The third kappa shape index (κ3) is 4.49. The van der Waals surface area contributed by atoms with Gasteiger partial charge >= 0.3 is 0 Å². The maximum atomic E-state index is 12.5. The van der Waals surface area contributed by atoms with Gasteiger partial charge in [-0.2, -0.15) is 5.10 Å². The number of nitrogens with one attached hydrogen (secondary N) is 1. The van der Waals surface area contributed by atoms with Gasteiger partial charge in [-0.15, -0.1) is 0 Å². The van der Waals surface area contributed by atoms with E-state index in [0.717, 1.165) is 18.6 Å². The molecule has 1 aromatic rings. The second kappa shape index (κ2) is 8.18. The second-order valence-electron chi connectivity index (χ2n) is 6.88. The number of carbonyl (C=O) groups excluding carboxylic acids is 1. The number of carbonyl (C=O) groups is 1. The van der Waals surface area contributed by atoms with Crippen LogP contribution >= 0.6 is 0 Å². The first kappa shape index (κ1) is 18.3. The maximum Gasteiger partial charge on any atom is 0.271 e. The topological polar surface area (TPSA) is 59.9 Å². The molecule has 1 aromatic carbocycles. The first-order valence-corrected chi connectivity index (χ1v) is 8.54. The van der Waals surface area contributed by atoms with Gasteiger partial charge in [0.05, 0.1) is 14.2 Å². The van der Waals surface area contributed by atoms with Gasteiger partial charge < -0.3 is 9.47 Å². The Labute approximate surface area is 144 Å². The van der Waals surface area contributed by atoms with Crippen molar-refractivity contribution < 1.29 is 14.3 Å². The van der Waals surface area contributed by atoms with Crippen molar-refractivity contribution in [2.75, 3.05) is 14.2 Å². The molecular formula is C19H28N2O3. The molecule has 1 amide bonds. The van der Waals surface area contributed by atoms with Crippen molar-refractivity contribution in [2.45, 2.75) is 40.0 Å². The number of benzene rings is 1. The van der Waals surface area contributed by atoms with E-state index in [1.807, 2.05) is 0 Å². The van der Waals surface area contributed by atoms with Gasteiger partial charge in [-0.05, 0) is 43.2 Å². The Morgan fingerprint density at radius 2 is 1.79 bits per heavy atom. The fourth-order valence-electron chi connectivity index (χ4n) is 3.21. The molecule has 24 heavy (non-hydrogen) atoms. The molecule has 0 aromatic heterocycles. The maximum absolute atomic E-state index is 12.5. The lowest BCUT2D eigenvalue weighted by atomic mass is 9.76. The molecule has 0 heterocycles. The Balaban J connectivity index is 2.16. The lowest BCUT2D eigenvalue weighted by Gasteiger charge is -2.30. The fourth-order valence-corrected chi connectivity index (χ4v) is 3.21. The van der Waals surface area contributed by atoms with E-state index in [4.69, 9.17) is 9.47 Å². The van der Waals surface area contributed by atoms with Crippen LogP contribution in [0.15, 0.2) is 23.3 Å². The van der Waals surface area contributed by atoms with Crippen LogP contribution in [0.25, 0.3) is 0 Å². The SMILES string of the molecule is COc1cc(OC)cc(C(=O)N/N=C2/C[C@H](C)CC[C@H]2C(C)C)c1. The van der Waals surface area contributed by atoms with Crippen molar-refractivity contribution >= 4 is 11.6 Å². The minimum atomic E-state index is -0.250. The summed E-state index contributed by atoms with van der Waals surface area (Å²) < 4.78 is 10.4. The Bertz CT molecular complexity index is 588. The average Bonchev–Trinajstić information content (AvgIpc) is 2.58. The number of hydrazone groups is 1. The molecule has 5 nitrogen and oxygen atoms in total. The van der Waals surface area contributed by atoms with E-state index in [0.29, 0.717) is 34.8 Å². The van der Waals surface area contributed by atoms with Crippen molar-refractivity contribution in [2.24, 2.45) is 22.9 Å². The van der Waals surface area contributed by atoms with Crippen molar-refractivity contribution in [1.29, 1.82) is 0 Å². The van der Waals surface area contributed by atoms with Gasteiger partial charge in [-0.1, -0.05) is 20.8 Å². The van der Waals surface area contributed by atoms with Crippen LogP contribution in [0.4, 0.5) is 0 Å². The van der Waals surface area contributed by atoms with Crippen LogP contribution in [-0.2, 0) is 0 Å². The average molecular weight is 332 g/mol. The van der Waals surface area contributed by atoms with Crippen LogP contribution in [0.3, 0.4) is 0 Å². The molecule has 1 N–H and O–H groups in total. The summed E-state index contributed by atoms with van der Waals surface area (Å²) in [5.74, 6) is 2.51. The van der Waals surface area contributed by atoms with Crippen molar-refractivity contribution in [3.05, 3.63) is 23.8 Å². The number of methoxy groups -OCH3 is 2. The van der Waals surface area contributed by atoms with Gasteiger partial charge in [0, 0.05) is 23.3 Å². The lowest BCUT2D eigenvalue weighted by molar-refractivity contribution is 0.0953. The summed E-state index contributed by atoms with van der Waals surface area (Å²) >= 11 is 0. The predicted octanol–water partition coefficient (Wildman–Crippen LogP) is 3.88. The van der Waals surface area contributed by atoms with E-state index in [9.17, 15) is 4.79 Å². The zero-order chi connectivity index (χ0) is 17.7. The second-order valence-corrected chi connectivity index (χ2v) is 6.88. The highest BCUT2D eigenvalue weighted by Crippen LogP contribution is 2.31. The molecule has 0 unspecified atom stereocenters. The monoisotopic (exact) mass is 332 g/mol. The van der Waals surface area contributed by atoms with Crippen molar-refractivity contribution in [3.63, 3.8) is 0 Å². The Kier molecular flexibility index (Phi) is 6.23. The van der Waals surface area contributed by atoms with Crippen molar-refractivity contribution in [1.82, 2.24) is 5.43 Å². The molecule has 1 saturated carbocycles. The Morgan fingerprint density at radius 3 is 2.33 bits per heavy atom. The zero-order valence-corrected chi connectivity index (χ0v) is 15.3. The zero-order valence-electron chi connectivity index (χ0n) is 15.3. The highest BCUT2D eigenvalue weighted by Gasteiger charge is 2.27. The molecule has 1 aliphatic carbocycles. The standard InChI is InChI=1S/C19H28N2O3/c1-12(2)17-7-6-13(3)8-18(17)20-21-19(22)14-9-15(23-4)11-16(10-14)24-5/h9-13,17H,6-8H2,1-5H3,(H,21,22)/b20-18-/t13-,17+/m1/s1. The number of ether oxygens (including phenoxy) is 2. The third-order valence-corrected chi connectivity index (χ3v) is 4.68. The Hall–Kier alpha value is -2.04. The molecular weight excluding hydrogens is 304 g/mol. The molecule has 0 spiro atoms. The number of nitrogens with zero attached hydrogens (tertiary/aromatic N) is 1. The first-order chi connectivity index (χ1) is 11.4. The van der Waals surface area contributed by atoms with Gasteiger partial charge in [0.1, 0.15) is 11.5 Å². The van der Waals surface area contributed by atoms with Crippen molar-refractivity contribution in [3.8, 4) is 11.5 Å². The number of amides is 1. The van der Waals surface area contributed by atoms with Crippen LogP contribution in [0, 0.1) is 17.8 Å². The molecule has 2 atom stereocenters. The number of hydrogen-bond donors (Lipinski definition) is 1. The molecule has 0 saturated heterocycles. The summed E-state index contributed by atoms with van der Waals surface area (Å²) in [5.41, 5.74) is 4.29. The third-order valence-electron chi connectivity index (χ3n) is 4.68. The molecule has 2 rings (SSSR count). The largest absolute Gasteiger partial charge is 0.497 e. The summed E-state index contributed by atoms with van der Waals surface area (Å²) in [6.45, 7) is 6.66. The highest BCUT2D eigenvalue weighted by atomic mass is 16.5. The van der Waals surface area contributed by atoms with E-state index >= 15 is 0 Å². The quantitative estimate of drug-likeness (QED) is 0.832. The van der Waals surface area contributed by atoms with Crippen LogP contribution in [0.5, 0.6) is 11.5 Å². The van der Waals surface area contributed by atoms with Crippen LogP contribution in [0.2, 0.25) is 0 Å². The normalized spacial score (nSPS) is 22.5. The van der Waals surface area contributed by atoms with Gasteiger partial charge in [0.25, 0.3) is 5.91 Å².